The summed E-state index contributed by atoms with van der Waals surface area (Å²) in [6, 6.07) is -0.639. The number of hydroxylamine groups is 1. The predicted molar refractivity (Wildman–Crippen MR) is 60.2 cm³/mol. The third-order valence-corrected chi connectivity index (χ3v) is 1.80. The first kappa shape index (κ1) is 14.8. The van der Waals surface area contributed by atoms with Crippen molar-refractivity contribution in [3.8, 4) is 0 Å². The molecule has 0 aromatic carbocycles. The lowest BCUT2D eigenvalue weighted by Crippen LogP contribution is -2.39. The van der Waals surface area contributed by atoms with E-state index < -0.39 is 12.0 Å². The molecule has 0 amide bonds. The number of rotatable bonds is 9. The van der Waals surface area contributed by atoms with Crippen LogP contribution in [0.2, 0.25) is 0 Å². The van der Waals surface area contributed by atoms with Crippen molar-refractivity contribution in [1.29, 1.82) is 5.41 Å². The van der Waals surface area contributed by atoms with E-state index >= 15 is 0 Å². The van der Waals surface area contributed by atoms with Gasteiger partial charge in [-0.1, -0.05) is 0 Å². The van der Waals surface area contributed by atoms with E-state index in [4.69, 9.17) is 21.1 Å². The number of carboxylic acid groups (broad SMARTS) is 1. The van der Waals surface area contributed by atoms with Crippen molar-refractivity contribution in [2.45, 2.75) is 25.8 Å². The van der Waals surface area contributed by atoms with Gasteiger partial charge in [0.05, 0.1) is 6.61 Å². The monoisotopic (exact) mass is 232 g/mol. The van der Waals surface area contributed by atoms with Gasteiger partial charge in [0.1, 0.15) is 11.9 Å². The highest BCUT2D eigenvalue weighted by molar-refractivity contribution is 5.74. The molecule has 7 heteroatoms. The first-order chi connectivity index (χ1) is 7.57. The van der Waals surface area contributed by atoms with Crippen LogP contribution in [-0.4, -0.2) is 42.6 Å². The first-order valence-electron chi connectivity index (χ1n) is 5.17. The molecule has 0 aromatic rings. The van der Waals surface area contributed by atoms with Gasteiger partial charge in [0.15, 0.2) is 0 Å². The molecular formula is C9H20N4O3. The minimum Gasteiger partial charge on any atom is -0.480 e. The molecular weight excluding hydrogens is 212 g/mol. The van der Waals surface area contributed by atoms with Gasteiger partial charge >= 0.3 is 5.97 Å². The Morgan fingerprint density at radius 3 is 2.81 bits per heavy atom. The van der Waals surface area contributed by atoms with Crippen LogP contribution in [0.5, 0.6) is 0 Å². The quantitative estimate of drug-likeness (QED) is 0.155. The summed E-state index contributed by atoms with van der Waals surface area (Å²) in [5.41, 5.74) is 7.65. The molecule has 0 heterocycles. The van der Waals surface area contributed by atoms with Crippen LogP contribution in [-0.2, 0) is 9.63 Å². The van der Waals surface area contributed by atoms with Crippen LogP contribution in [0, 0.1) is 5.41 Å². The van der Waals surface area contributed by atoms with Gasteiger partial charge in [-0.25, -0.2) is 0 Å². The SMILES string of the molecule is CC(=N)NOCCC(NCCCN)C(=O)O. The highest BCUT2D eigenvalue weighted by atomic mass is 16.6. The van der Waals surface area contributed by atoms with Gasteiger partial charge in [0.25, 0.3) is 0 Å². The van der Waals surface area contributed by atoms with Crippen molar-refractivity contribution < 1.29 is 14.7 Å². The van der Waals surface area contributed by atoms with E-state index in [0.717, 1.165) is 6.42 Å². The average molecular weight is 232 g/mol. The van der Waals surface area contributed by atoms with E-state index in [2.05, 4.69) is 10.8 Å². The molecule has 6 N–H and O–H groups in total. The van der Waals surface area contributed by atoms with Crippen molar-refractivity contribution in [3.05, 3.63) is 0 Å². The lowest BCUT2D eigenvalue weighted by molar-refractivity contribution is -0.140. The largest absolute Gasteiger partial charge is 0.480 e. The van der Waals surface area contributed by atoms with E-state index in [1.165, 1.54) is 6.92 Å². The van der Waals surface area contributed by atoms with Crippen molar-refractivity contribution in [3.63, 3.8) is 0 Å². The molecule has 1 unspecified atom stereocenters. The summed E-state index contributed by atoms with van der Waals surface area (Å²) in [5.74, 6) is -0.727. The number of aliphatic carboxylic acids is 1. The molecule has 0 aromatic heterocycles. The van der Waals surface area contributed by atoms with Crippen molar-refractivity contribution in [2.24, 2.45) is 5.73 Å². The van der Waals surface area contributed by atoms with E-state index in [0.29, 0.717) is 19.5 Å². The number of carboxylic acids is 1. The highest BCUT2D eigenvalue weighted by Crippen LogP contribution is 1.93. The fraction of sp³-hybridized carbons (Fsp3) is 0.778. The predicted octanol–water partition coefficient (Wildman–Crippen LogP) is -0.714. The summed E-state index contributed by atoms with van der Waals surface area (Å²) in [4.78, 5) is 15.7. The zero-order chi connectivity index (χ0) is 12.4. The topological polar surface area (TPSA) is 120 Å². The second-order valence-corrected chi connectivity index (χ2v) is 3.35. The third-order valence-electron chi connectivity index (χ3n) is 1.80. The van der Waals surface area contributed by atoms with Crippen LogP contribution in [0.3, 0.4) is 0 Å². The maximum Gasteiger partial charge on any atom is 0.320 e. The minimum absolute atomic E-state index is 0.183. The molecule has 0 saturated carbocycles. The van der Waals surface area contributed by atoms with Gasteiger partial charge in [-0.3, -0.25) is 20.5 Å². The zero-order valence-corrected chi connectivity index (χ0v) is 9.45. The summed E-state index contributed by atoms with van der Waals surface area (Å²) < 4.78 is 0. The number of amidine groups is 1. The van der Waals surface area contributed by atoms with Crippen LogP contribution in [0.25, 0.3) is 0 Å². The second-order valence-electron chi connectivity index (χ2n) is 3.35. The summed E-state index contributed by atoms with van der Waals surface area (Å²) in [7, 11) is 0. The van der Waals surface area contributed by atoms with Gasteiger partial charge in [-0.2, -0.15) is 0 Å². The minimum atomic E-state index is -0.910. The molecule has 0 fully saturated rings. The Balaban J connectivity index is 3.68. The van der Waals surface area contributed by atoms with Crippen LogP contribution in [0.15, 0.2) is 0 Å². The lowest BCUT2D eigenvalue weighted by Gasteiger charge is -2.14. The fourth-order valence-electron chi connectivity index (χ4n) is 1.03. The van der Waals surface area contributed by atoms with Crippen molar-refractivity contribution in [2.75, 3.05) is 19.7 Å². The first-order valence-corrected chi connectivity index (χ1v) is 5.17. The molecule has 16 heavy (non-hydrogen) atoms. The summed E-state index contributed by atoms with van der Waals surface area (Å²) in [6.07, 6.45) is 1.07. The average Bonchev–Trinajstić information content (AvgIpc) is 2.21. The standard InChI is InChI=1S/C9H20N4O3/c1-7(11)13-16-6-3-8(9(14)15)12-5-2-4-10/h8,12H,2-6,10H2,1H3,(H2,11,13)(H,14,15). The number of hydrogen-bond acceptors (Lipinski definition) is 5. The molecule has 0 radical (unpaired) electrons. The molecule has 0 aliphatic rings. The van der Waals surface area contributed by atoms with Gasteiger partial charge in [-0.05, 0) is 32.9 Å². The molecule has 0 spiro atoms. The second kappa shape index (κ2) is 9.08. The summed E-state index contributed by atoms with van der Waals surface area (Å²) in [6.45, 7) is 2.87. The van der Waals surface area contributed by atoms with Crippen LogP contribution in [0.4, 0.5) is 0 Å². The van der Waals surface area contributed by atoms with E-state index in [1.54, 1.807) is 0 Å². The normalized spacial score (nSPS) is 12.1. The Hall–Kier alpha value is -1.18. The Labute approximate surface area is 94.8 Å². The number of nitrogens with two attached hydrogens (primary N) is 1. The van der Waals surface area contributed by atoms with Crippen molar-refractivity contribution in [1.82, 2.24) is 10.8 Å². The molecule has 7 nitrogen and oxygen atoms in total. The van der Waals surface area contributed by atoms with E-state index in [9.17, 15) is 4.79 Å². The van der Waals surface area contributed by atoms with Gasteiger partial charge in [0.2, 0.25) is 0 Å². The maximum atomic E-state index is 10.8. The number of carbonyl (C=O) groups is 1. The molecule has 0 aliphatic heterocycles. The van der Waals surface area contributed by atoms with Crippen molar-refractivity contribution >= 4 is 11.8 Å². The smallest absolute Gasteiger partial charge is 0.320 e. The molecule has 94 valence electrons. The molecule has 1 atom stereocenters. The Bertz CT molecular complexity index is 223. The molecule has 0 rings (SSSR count). The number of nitrogens with one attached hydrogen (secondary N) is 3. The van der Waals surface area contributed by atoms with Crippen LogP contribution in [0.1, 0.15) is 19.8 Å². The summed E-state index contributed by atoms with van der Waals surface area (Å²) in [5, 5.41) is 18.8. The summed E-state index contributed by atoms with van der Waals surface area (Å²) >= 11 is 0. The molecule has 0 saturated heterocycles. The van der Waals surface area contributed by atoms with E-state index in [-0.39, 0.29) is 12.4 Å². The van der Waals surface area contributed by atoms with E-state index in [1.807, 2.05) is 0 Å². The lowest BCUT2D eigenvalue weighted by atomic mass is 10.2. The molecule has 0 aliphatic carbocycles. The number of hydrogen-bond donors (Lipinski definition) is 5. The fourth-order valence-corrected chi connectivity index (χ4v) is 1.03. The third kappa shape index (κ3) is 8.16. The van der Waals surface area contributed by atoms with Crippen LogP contribution >= 0.6 is 0 Å². The highest BCUT2D eigenvalue weighted by Gasteiger charge is 2.15. The maximum absolute atomic E-state index is 10.8. The Kier molecular flexibility index (Phi) is 8.41. The Morgan fingerprint density at radius 2 is 2.31 bits per heavy atom. The Morgan fingerprint density at radius 1 is 1.62 bits per heavy atom. The van der Waals surface area contributed by atoms with Gasteiger partial charge in [-0.15, -0.1) is 0 Å². The van der Waals surface area contributed by atoms with Gasteiger partial charge < -0.3 is 16.2 Å². The zero-order valence-electron chi connectivity index (χ0n) is 9.45. The van der Waals surface area contributed by atoms with Gasteiger partial charge in [0, 0.05) is 0 Å². The molecule has 0 bridgehead atoms. The van der Waals surface area contributed by atoms with Crippen LogP contribution < -0.4 is 16.5 Å².